The number of rotatable bonds is 4. The maximum Gasteiger partial charge on any atom is 0.338 e. The van der Waals surface area contributed by atoms with Crippen molar-refractivity contribution in [1.82, 2.24) is 9.38 Å². The third-order valence-corrected chi connectivity index (χ3v) is 4.91. The number of carbonyl (C=O) groups is 2. The van der Waals surface area contributed by atoms with Crippen molar-refractivity contribution in [2.75, 3.05) is 11.4 Å². The quantitative estimate of drug-likeness (QED) is 0.614. The van der Waals surface area contributed by atoms with Crippen molar-refractivity contribution < 1.29 is 14.3 Å². The topological polar surface area (TPSA) is 63.9 Å². The molecule has 0 radical (unpaired) electrons. The molecule has 0 spiro atoms. The van der Waals surface area contributed by atoms with E-state index in [0.717, 1.165) is 6.42 Å². The minimum absolute atomic E-state index is 0.00535. The Morgan fingerprint density at radius 1 is 1.19 bits per heavy atom. The smallest absolute Gasteiger partial charge is 0.338 e. The molecule has 0 saturated carbocycles. The number of esters is 1. The van der Waals surface area contributed by atoms with Crippen LogP contribution in [0.25, 0.3) is 5.65 Å². The van der Waals surface area contributed by atoms with Gasteiger partial charge in [0.05, 0.1) is 27.0 Å². The standard InChI is InChI=1S/C19H15Cl2N3O3/c20-13-4-6-17-22-14(10-23(17)9-13)11-27-19(26)12-3-5-15(21)16(8-12)24-7-1-2-18(24)25/h3-6,8-10H,1-2,7,11H2. The van der Waals surface area contributed by atoms with Crippen LogP contribution in [0.5, 0.6) is 0 Å². The summed E-state index contributed by atoms with van der Waals surface area (Å²) in [6, 6.07) is 8.31. The predicted molar refractivity (Wildman–Crippen MR) is 102 cm³/mol. The highest BCUT2D eigenvalue weighted by molar-refractivity contribution is 6.34. The number of imidazole rings is 1. The molecule has 3 heterocycles. The second kappa shape index (κ2) is 7.21. The zero-order valence-corrected chi connectivity index (χ0v) is 15.7. The monoisotopic (exact) mass is 403 g/mol. The Morgan fingerprint density at radius 2 is 2.04 bits per heavy atom. The lowest BCUT2D eigenvalue weighted by molar-refractivity contribution is -0.117. The number of hydrogen-bond acceptors (Lipinski definition) is 4. The van der Waals surface area contributed by atoms with E-state index in [1.807, 2.05) is 0 Å². The van der Waals surface area contributed by atoms with Gasteiger partial charge in [0.1, 0.15) is 12.3 Å². The molecule has 138 valence electrons. The summed E-state index contributed by atoms with van der Waals surface area (Å²) >= 11 is 12.2. The number of nitrogens with zero attached hydrogens (tertiary/aromatic N) is 3. The van der Waals surface area contributed by atoms with Gasteiger partial charge in [-0.15, -0.1) is 0 Å². The molecule has 27 heavy (non-hydrogen) atoms. The minimum atomic E-state index is -0.505. The fourth-order valence-corrected chi connectivity index (χ4v) is 3.45. The molecule has 1 aliphatic heterocycles. The van der Waals surface area contributed by atoms with Gasteiger partial charge in [-0.25, -0.2) is 9.78 Å². The summed E-state index contributed by atoms with van der Waals surface area (Å²) in [6.07, 6.45) is 4.75. The second-order valence-electron chi connectivity index (χ2n) is 6.24. The first-order chi connectivity index (χ1) is 13.0. The van der Waals surface area contributed by atoms with E-state index in [1.54, 1.807) is 52.0 Å². The SMILES string of the molecule is O=C(OCc1cn2cc(Cl)ccc2n1)c1ccc(Cl)c(N2CCCC2=O)c1. The van der Waals surface area contributed by atoms with Gasteiger partial charge >= 0.3 is 5.97 Å². The number of carbonyl (C=O) groups excluding carboxylic acids is 2. The molecule has 1 aliphatic rings. The van der Waals surface area contributed by atoms with Gasteiger partial charge in [0, 0.05) is 25.4 Å². The minimum Gasteiger partial charge on any atom is -0.456 e. The number of ether oxygens (including phenoxy) is 1. The van der Waals surface area contributed by atoms with Crippen molar-refractivity contribution in [1.29, 1.82) is 0 Å². The van der Waals surface area contributed by atoms with Crippen LogP contribution in [0, 0.1) is 0 Å². The molecule has 1 amide bonds. The van der Waals surface area contributed by atoms with Crippen LogP contribution < -0.4 is 4.90 Å². The Balaban J connectivity index is 1.50. The van der Waals surface area contributed by atoms with Crippen molar-refractivity contribution >= 4 is 46.4 Å². The van der Waals surface area contributed by atoms with Crippen molar-refractivity contribution in [3.63, 3.8) is 0 Å². The maximum atomic E-state index is 12.4. The van der Waals surface area contributed by atoms with Gasteiger partial charge in [-0.2, -0.15) is 0 Å². The Morgan fingerprint density at radius 3 is 2.81 bits per heavy atom. The van der Waals surface area contributed by atoms with E-state index < -0.39 is 5.97 Å². The first-order valence-corrected chi connectivity index (χ1v) is 9.17. The third-order valence-electron chi connectivity index (χ3n) is 4.36. The summed E-state index contributed by atoms with van der Waals surface area (Å²) in [5.74, 6) is -0.500. The van der Waals surface area contributed by atoms with Crippen molar-refractivity contribution in [2.24, 2.45) is 0 Å². The number of pyridine rings is 1. The van der Waals surface area contributed by atoms with Crippen LogP contribution in [0.15, 0.2) is 42.7 Å². The average Bonchev–Trinajstić information content (AvgIpc) is 3.25. The molecule has 8 heteroatoms. The lowest BCUT2D eigenvalue weighted by Crippen LogP contribution is -2.24. The molecule has 1 fully saturated rings. The number of benzene rings is 1. The van der Waals surface area contributed by atoms with Crippen LogP contribution >= 0.6 is 23.2 Å². The van der Waals surface area contributed by atoms with Crippen molar-refractivity contribution in [3.05, 3.63) is 64.0 Å². The normalized spacial score (nSPS) is 14.1. The van der Waals surface area contributed by atoms with Gasteiger partial charge in [-0.1, -0.05) is 23.2 Å². The van der Waals surface area contributed by atoms with Crippen molar-refractivity contribution in [2.45, 2.75) is 19.4 Å². The Hall–Kier alpha value is -2.57. The molecule has 1 saturated heterocycles. The number of aromatic nitrogens is 2. The molecule has 0 atom stereocenters. The Bertz CT molecular complexity index is 1050. The van der Waals surface area contributed by atoms with Crippen LogP contribution in [0.4, 0.5) is 5.69 Å². The summed E-state index contributed by atoms with van der Waals surface area (Å²) in [5.41, 5.74) is 2.19. The summed E-state index contributed by atoms with van der Waals surface area (Å²) in [7, 11) is 0. The van der Waals surface area contributed by atoms with E-state index in [1.165, 1.54) is 0 Å². The molecule has 0 unspecified atom stereocenters. The van der Waals surface area contributed by atoms with E-state index in [-0.39, 0.29) is 12.5 Å². The van der Waals surface area contributed by atoms with E-state index in [4.69, 9.17) is 27.9 Å². The zero-order chi connectivity index (χ0) is 19.0. The van der Waals surface area contributed by atoms with Crippen LogP contribution in [-0.4, -0.2) is 27.8 Å². The molecule has 3 aromatic rings. The molecule has 6 nitrogen and oxygen atoms in total. The highest BCUT2D eigenvalue weighted by Crippen LogP contribution is 2.30. The predicted octanol–water partition coefficient (Wildman–Crippen LogP) is 4.12. The second-order valence-corrected chi connectivity index (χ2v) is 7.08. The van der Waals surface area contributed by atoms with Gasteiger partial charge in [-0.05, 0) is 36.8 Å². The Labute approximate surface area is 165 Å². The van der Waals surface area contributed by atoms with Gasteiger partial charge in [0.2, 0.25) is 5.91 Å². The lowest BCUT2D eigenvalue weighted by Gasteiger charge is -2.18. The lowest BCUT2D eigenvalue weighted by atomic mass is 10.2. The number of amides is 1. The van der Waals surface area contributed by atoms with Gasteiger partial charge < -0.3 is 14.0 Å². The molecular weight excluding hydrogens is 389 g/mol. The summed E-state index contributed by atoms with van der Waals surface area (Å²) in [4.78, 5) is 30.4. The number of anilines is 1. The summed E-state index contributed by atoms with van der Waals surface area (Å²) in [6.45, 7) is 0.625. The van der Waals surface area contributed by atoms with E-state index in [9.17, 15) is 9.59 Å². The van der Waals surface area contributed by atoms with Gasteiger partial charge in [0.15, 0.2) is 0 Å². The average molecular weight is 404 g/mol. The zero-order valence-electron chi connectivity index (χ0n) is 14.2. The molecule has 1 aromatic carbocycles. The molecule has 0 N–H and O–H groups in total. The summed E-state index contributed by atoms with van der Waals surface area (Å²) < 4.78 is 7.13. The van der Waals surface area contributed by atoms with Gasteiger partial charge in [0.25, 0.3) is 0 Å². The highest BCUT2D eigenvalue weighted by atomic mass is 35.5. The van der Waals surface area contributed by atoms with E-state index in [2.05, 4.69) is 4.98 Å². The Kier molecular flexibility index (Phi) is 4.76. The maximum absolute atomic E-state index is 12.4. The van der Waals surface area contributed by atoms with Crippen molar-refractivity contribution in [3.8, 4) is 0 Å². The third kappa shape index (κ3) is 3.63. The van der Waals surface area contributed by atoms with E-state index >= 15 is 0 Å². The largest absolute Gasteiger partial charge is 0.456 e. The first-order valence-electron chi connectivity index (χ1n) is 8.41. The number of halogens is 2. The first kappa shape index (κ1) is 17.8. The molecule has 2 aromatic heterocycles. The molecular formula is C19H15Cl2N3O3. The molecule has 0 aliphatic carbocycles. The van der Waals surface area contributed by atoms with E-state index in [0.29, 0.717) is 45.6 Å². The fraction of sp³-hybridized carbons (Fsp3) is 0.211. The fourth-order valence-electron chi connectivity index (χ4n) is 3.06. The summed E-state index contributed by atoms with van der Waals surface area (Å²) in [5, 5.41) is 1.02. The van der Waals surface area contributed by atoms with Crippen LogP contribution in [0.1, 0.15) is 28.9 Å². The number of hydrogen-bond donors (Lipinski definition) is 0. The van der Waals surface area contributed by atoms with Gasteiger partial charge in [-0.3, -0.25) is 4.79 Å². The van der Waals surface area contributed by atoms with Crippen LogP contribution in [0.2, 0.25) is 10.0 Å². The number of fused-ring (bicyclic) bond motifs is 1. The molecule has 0 bridgehead atoms. The van der Waals surface area contributed by atoms with Crippen LogP contribution in [-0.2, 0) is 16.1 Å². The highest BCUT2D eigenvalue weighted by Gasteiger charge is 2.24. The van der Waals surface area contributed by atoms with Crippen LogP contribution in [0.3, 0.4) is 0 Å². The molecule has 4 rings (SSSR count).